The first-order chi connectivity index (χ1) is 11.0. The molecule has 1 aromatic heterocycles. The summed E-state index contributed by atoms with van der Waals surface area (Å²) in [5.74, 6) is 1.30. The number of nitrogens with zero attached hydrogens (tertiary/aromatic N) is 3. The predicted molar refractivity (Wildman–Crippen MR) is 86.7 cm³/mol. The van der Waals surface area contributed by atoms with Gasteiger partial charge in [0.15, 0.2) is 11.5 Å². The molecule has 0 bridgehead atoms. The Balaban J connectivity index is 2.11. The van der Waals surface area contributed by atoms with E-state index in [0.29, 0.717) is 27.9 Å². The minimum Gasteiger partial charge on any atom is -0.493 e. The second-order valence-electron chi connectivity index (χ2n) is 4.27. The molecule has 0 atom stereocenters. The van der Waals surface area contributed by atoms with E-state index >= 15 is 0 Å². The number of hydrogen-bond donors (Lipinski definition) is 1. The van der Waals surface area contributed by atoms with Crippen molar-refractivity contribution in [3.05, 3.63) is 51.2 Å². The van der Waals surface area contributed by atoms with Crippen molar-refractivity contribution < 1.29 is 14.4 Å². The van der Waals surface area contributed by atoms with E-state index < -0.39 is 4.92 Å². The van der Waals surface area contributed by atoms with Gasteiger partial charge in [-0.05, 0) is 23.8 Å². The number of rotatable bonds is 6. The van der Waals surface area contributed by atoms with E-state index in [1.807, 2.05) is 0 Å². The molecule has 0 unspecified atom stereocenters. The summed E-state index contributed by atoms with van der Waals surface area (Å²) in [5.41, 5.74) is 3.26. The fourth-order valence-corrected chi connectivity index (χ4v) is 2.04. The number of aromatic nitrogens is 1. The molecule has 9 heteroatoms. The number of benzene rings is 1. The van der Waals surface area contributed by atoms with Crippen LogP contribution in [0.3, 0.4) is 0 Å². The molecule has 1 heterocycles. The fraction of sp³-hybridized carbons (Fsp3) is 0.143. The molecule has 1 N–H and O–H groups in total. The predicted octanol–water partition coefficient (Wildman–Crippen LogP) is 3.11. The molecule has 0 spiro atoms. The van der Waals surface area contributed by atoms with Gasteiger partial charge in [-0.2, -0.15) is 5.10 Å². The van der Waals surface area contributed by atoms with Crippen molar-refractivity contribution in [1.82, 2.24) is 4.98 Å². The summed E-state index contributed by atoms with van der Waals surface area (Å²) in [7, 11) is 3.01. The summed E-state index contributed by atoms with van der Waals surface area (Å²) in [6.07, 6.45) is 2.65. The van der Waals surface area contributed by atoms with Crippen LogP contribution >= 0.6 is 11.6 Å². The summed E-state index contributed by atoms with van der Waals surface area (Å²) >= 11 is 6.09. The zero-order chi connectivity index (χ0) is 16.8. The largest absolute Gasteiger partial charge is 0.493 e. The van der Waals surface area contributed by atoms with Gasteiger partial charge < -0.3 is 9.47 Å². The summed E-state index contributed by atoms with van der Waals surface area (Å²) in [4.78, 5) is 13.9. The van der Waals surface area contributed by atoms with E-state index in [2.05, 4.69) is 15.5 Å². The highest BCUT2D eigenvalue weighted by atomic mass is 35.5. The topological polar surface area (TPSA) is 98.9 Å². The number of halogens is 1. The smallest absolute Gasteiger partial charge is 0.287 e. The van der Waals surface area contributed by atoms with Crippen LogP contribution in [0.15, 0.2) is 35.6 Å². The molecule has 2 aromatic rings. The first kappa shape index (κ1) is 16.5. The summed E-state index contributed by atoms with van der Waals surface area (Å²) in [6.45, 7) is 0. The van der Waals surface area contributed by atoms with Crippen LogP contribution in [0.2, 0.25) is 5.02 Å². The summed E-state index contributed by atoms with van der Waals surface area (Å²) in [5, 5.41) is 14.9. The van der Waals surface area contributed by atoms with Gasteiger partial charge in [-0.1, -0.05) is 11.6 Å². The number of hydrazone groups is 1. The molecule has 0 saturated carbocycles. The zero-order valence-corrected chi connectivity index (χ0v) is 13.1. The van der Waals surface area contributed by atoms with Crippen LogP contribution in [0, 0.1) is 10.1 Å². The third-order valence-corrected chi connectivity index (χ3v) is 3.09. The van der Waals surface area contributed by atoms with E-state index in [1.165, 1.54) is 32.6 Å². The van der Waals surface area contributed by atoms with Crippen LogP contribution in [-0.2, 0) is 0 Å². The molecule has 2 rings (SSSR count). The Hall–Kier alpha value is -2.87. The van der Waals surface area contributed by atoms with Crippen LogP contribution in [0.5, 0.6) is 11.5 Å². The minimum absolute atomic E-state index is 0.0915. The maximum Gasteiger partial charge on any atom is 0.287 e. The Bertz CT molecular complexity index is 734. The van der Waals surface area contributed by atoms with Crippen molar-refractivity contribution in [2.75, 3.05) is 19.6 Å². The molecule has 0 amide bonds. The van der Waals surface area contributed by atoms with Gasteiger partial charge in [-0.15, -0.1) is 0 Å². The first-order valence-corrected chi connectivity index (χ1v) is 6.74. The third-order valence-electron chi connectivity index (χ3n) is 2.81. The van der Waals surface area contributed by atoms with Crippen LogP contribution in [0.1, 0.15) is 5.56 Å². The van der Waals surface area contributed by atoms with Gasteiger partial charge >= 0.3 is 0 Å². The van der Waals surface area contributed by atoms with Gasteiger partial charge in [0.25, 0.3) is 5.69 Å². The molecular formula is C14H13ClN4O4. The maximum atomic E-state index is 10.5. The summed E-state index contributed by atoms with van der Waals surface area (Å²) in [6, 6.07) is 6.16. The lowest BCUT2D eigenvalue weighted by molar-refractivity contribution is -0.385. The molecule has 8 nitrogen and oxygen atoms in total. The van der Waals surface area contributed by atoms with Crippen molar-refractivity contribution in [1.29, 1.82) is 0 Å². The maximum absolute atomic E-state index is 10.5. The number of pyridine rings is 1. The first-order valence-electron chi connectivity index (χ1n) is 6.36. The minimum atomic E-state index is -0.522. The number of anilines is 1. The Morgan fingerprint density at radius 2 is 2.13 bits per heavy atom. The number of nitrogens with one attached hydrogen (secondary N) is 1. The van der Waals surface area contributed by atoms with Gasteiger partial charge in [-0.3, -0.25) is 15.5 Å². The van der Waals surface area contributed by atoms with Crippen molar-refractivity contribution >= 4 is 29.3 Å². The fourth-order valence-electron chi connectivity index (χ4n) is 1.75. The Morgan fingerprint density at radius 3 is 2.70 bits per heavy atom. The SMILES string of the molecule is COc1cc(/C=N/Nc2ccc([N+](=O)[O-])cn2)cc(Cl)c1OC. The molecule has 0 radical (unpaired) electrons. The van der Waals surface area contributed by atoms with Crippen LogP contribution in [0.25, 0.3) is 0 Å². The molecule has 23 heavy (non-hydrogen) atoms. The molecule has 0 saturated heterocycles. The van der Waals surface area contributed by atoms with Gasteiger partial charge in [-0.25, -0.2) is 4.98 Å². The van der Waals surface area contributed by atoms with Crippen LogP contribution in [0.4, 0.5) is 11.5 Å². The monoisotopic (exact) mass is 336 g/mol. The average molecular weight is 337 g/mol. The van der Waals surface area contributed by atoms with Gasteiger partial charge in [0, 0.05) is 6.07 Å². The Labute approximate surface area is 136 Å². The van der Waals surface area contributed by atoms with E-state index in [0.717, 1.165) is 6.20 Å². The zero-order valence-electron chi connectivity index (χ0n) is 12.3. The highest BCUT2D eigenvalue weighted by Gasteiger charge is 2.10. The van der Waals surface area contributed by atoms with Crippen molar-refractivity contribution in [3.63, 3.8) is 0 Å². The molecule has 0 aliphatic rings. The van der Waals surface area contributed by atoms with E-state index in [9.17, 15) is 10.1 Å². The molecule has 0 aliphatic heterocycles. The van der Waals surface area contributed by atoms with Crippen molar-refractivity contribution in [3.8, 4) is 11.5 Å². The Kier molecular flexibility index (Phi) is 5.32. The van der Waals surface area contributed by atoms with Crippen LogP contribution in [-0.4, -0.2) is 30.3 Å². The van der Waals surface area contributed by atoms with E-state index in [4.69, 9.17) is 21.1 Å². The van der Waals surface area contributed by atoms with E-state index in [1.54, 1.807) is 12.1 Å². The lowest BCUT2D eigenvalue weighted by Crippen LogP contribution is -1.96. The second kappa shape index (κ2) is 7.41. The number of ether oxygens (including phenoxy) is 2. The summed E-state index contributed by atoms with van der Waals surface area (Å²) < 4.78 is 10.3. The molecule has 0 fully saturated rings. The van der Waals surface area contributed by atoms with Crippen molar-refractivity contribution in [2.24, 2.45) is 5.10 Å². The molecular weight excluding hydrogens is 324 g/mol. The van der Waals surface area contributed by atoms with Crippen molar-refractivity contribution in [2.45, 2.75) is 0 Å². The molecule has 0 aliphatic carbocycles. The highest BCUT2D eigenvalue weighted by Crippen LogP contribution is 2.35. The Morgan fingerprint density at radius 1 is 1.35 bits per heavy atom. The second-order valence-corrected chi connectivity index (χ2v) is 4.67. The quantitative estimate of drug-likeness (QED) is 0.494. The van der Waals surface area contributed by atoms with Gasteiger partial charge in [0.2, 0.25) is 0 Å². The lowest BCUT2D eigenvalue weighted by Gasteiger charge is -2.09. The highest BCUT2D eigenvalue weighted by molar-refractivity contribution is 6.32. The number of nitro groups is 1. The van der Waals surface area contributed by atoms with Gasteiger partial charge in [0.05, 0.1) is 30.4 Å². The van der Waals surface area contributed by atoms with Crippen LogP contribution < -0.4 is 14.9 Å². The van der Waals surface area contributed by atoms with E-state index in [-0.39, 0.29) is 5.69 Å². The lowest BCUT2D eigenvalue weighted by atomic mass is 10.2. The third kappa shape index (κ3) is 4.07. The number of hydrogen-bond acceptors (Lipinski definition) is 7. The molecule has 120 valence electrons. The average Bonchev–Trinajstić information content (AvgIpc) is 2.54. The normalized spacial score (nSPS) is 10.6. The number of methoxy groups -OCH3 is 2. The molecule has 1 aromatic carbocycles. The standard InChI is InChI=1S/C14H13ClN4O4/c1-22-12-6-9(5-11(15)14(12)23-2)7-17-18-13-4-3-10(8-16-13)19(20)21/h3-8H,1-2H3,(H,16,18)/b17-7+. The van der Waals surface area contributed by atoms with Gasteiger partial charge in [0.1, 0.15) is 12.0 Å².